The second-order valence-electron chi connectivity index (χ2n) is 6.18. The molecule has 1 aromatic carbocycles. The SMILES string of the molecule is CCOC(=O)C1C(C)=NC(SCc2cccs2)=C(C#N)[C@@H]1c1ccccc1Cl. The molecule has 2 atom stereocenters. The highest BCUT2D eigenvalue weighted by molar-refractivity contribution is 8.02. The maximum Gasteiger partial charge on any atom is 0.315 e. The average Bonchev–Trinajstić information content (AvgIpc) is 3.20. The third-order valence-corrected chi connectivity index (χ3v) is 6.88. The van der Waals surface area contributed by atoms with Crippen LogP contribution in [0, 0.1) is 17.2 Å². The van der Waals surface area contributed by atoms with Gasteiger partial charge >= 0.3 is 5.97 Å². The van der Waals surface area contributed by atoms with Crippen LogP contribution in [-0.4, -0.2) is 18.3 Å². The molecule has 1 aliphatic rings. The highest BCUT2D eigenvalue weighted by Gasteiger charge is 2.41. The summed E-state index contributed by atoms with van der Waals surface area (Å²) in [6.45, 7) is 3.84. The van der Waals surface area contributed by atoms with Crippen molar-refractivity contribution in [3.8, 4) is 6.07 Å². The van der Waals surface area contributed by atoms with Crippen molar-refractivity contribution in [2.45, 2.75) is 25.5 Å². The smallest absolute Gasteiger partial charge is 0.315 e. The zero-order chi connectivity index (χ0) is 20.1. The lowest BCUT2D eigenvalue weighted by Gasteiger charge is -2.30. The number of aliphatic imine (C=N–C) groups is 1. The lowest BCUT2D eigenvalue weighted by molar-refractivity contribution is -0.146. The summed E-state index contributed by atoms with van der Waals surface area (Å²) in [7, 11) is 0. The molecule has 0 radical (unpaired) electrons. The van der Waals surface area contributed by atoms with Crippen molar-refractivity contribution in [3.05, 3.63) is 67.8 Å². The van der Waals surface area contributed by atoms with Gasteiger partial charge in [0, 0.05) is 27.3 Å². The number of thioether (sulfide) groups is 1. The topological polar surface area (TPSA) is 62.4 Å². The van der Waals surface area contributed by atoms with Gasteiger partial charge in [-0.15, -0.1) is 11.3 Å². The molecule has 144 valence electrons. The second kappa shape index (κ2) is 9.42. The van der Waals surface area contributed by atoms with Crippen LogP contribution in [0.3, 0.4) is 0 Å². The first-order valence-corrected chi connectivity index (χ1v) is 11.1. The Bertz CT molecular complexity index is 961. The number of benzene rings is 1. The van der Waals surface area contributed by atoms with E-state index in [0.29, 0.717) is 27.1 Å². The summed E-state index contributed by atoms with van der Waals surface area (Å²) in [4.78, 5) is 18.6. The molecule has 0 amide bonds. The quantitative estimate of drug-likeness (QED) is 0.542. The molecular formula is C21H19ClN2O2S2. The zero-order valence-electron chi connectivity index (χ0n) is 15.5. The Morgan fingerprint density at radius 3 is 2.79 bits per heavy atom. The van der Waals surface area contributed by atoms with E-state index in [4.69, 9.17) is 16.3 Å². The van der Waals surface area contributed by atoms with Crippen molar-refractivity contribution in [2.24, 2.45) is 10.9 Å². The van der Waals surface area contributed by atoms with Crippen molar-refractivity contribution >= 4 is 46.4 Å². The Kier molecular flexibility index (Phi) is 6.95. The molecule has 0 bridgehead atoms. The Morgan fingerprint density at radius 1 is 1.36 bits per heavy atom. The normalized spacial score (nSPS) is 19.1. The molecule has 0 saturated heterocycles. The van der Waals surface area contributed by atoms with Crippen molar-refractivity contribution < 1.29 is 9.53 Å². The summed E-state index contributed by atoms with van der Waals surface area (Å²) in [6, 6.07) is 13.7. The number of rotatable bonds is 6. The van der Waals surface area contributed by atoms with E-state index in [2.05, 4.69) is 17.1 Å². The van der Waals surface area contributed by atoms with E-state index in [1.165, 1.54) is 16.6 Å². The molecule has 2 heterocycles. The van der Waals surface area contributed by atoms with Crippen molar-refractivity contribution in [1.82, 2.24) is 0 Å². The number of carbonyl (C=O) groups excluding carboxylic acids is 1. The van der Waals surface area contributed by atoms with E-state index in [9.17, 15) is 10.1 Å². The fourth-order valence-electron chi connectivity index (χ4n) is 3.19. The minimum absolute atomic E-state index is 0.267. The van der Waals surface area contributed by atoms with Gasteiger partial charge in [0.25, 0.3) is 0 Å². The molecule has 4 nitrogen and oxygen atoms in total. The van der Waals surface area contributed by atoms with Gasteiger partial charge in [-0.1, -0.05) is 47.6 Å². The number of esters is 1. The van der Waals surface area contributed by atoms with E-state index in [-0.39, 0.29) is 12.6 Å². The molecule has 1 aliphatic heterocycles. The maximum atomic E-state index is 12.7. The molecule has 7 heteroatoms. The molecule has 0 spiro atoms. The summed E-state index contributed by atoms with van der Waals surface area (Å²) < 4.78 is 5.29. The monoisotopic (exact) mass is 430 g/mol. The van der Waals surface area contributed by atoms with Gasteiger partial charge in [-0.05, 0) is 36.9 Å². The van der Waals surface area contributed by atoms with Gasteiger partial charge in [0.15, 0.2) is 0 Å². The minimum atomic E-state index is -0.666. The lowest BCUT2D eigenvalue weighted by atomic mass is 9.77. The second-order valence-corrected chi connectivity index (χ2v) is 8.58. The molecule has 0 N–H and O–H groups in total. The van der Waals surface area contributed by atoms with Crippen LogP contribution in [0.1, 0.15) is 30.2 Å². The number of carbonyl (C=O) groups is 1. The Hall–Kier alpha value is -2.07. The number of ether oxygens (including phenoxy) is 1. The Morgan fingerprint density at radius 2 is 2.14 bits per heavy atom. The molecule has 2 aromatic rings. The lowest BCUT2D eigenvalue weighted by Crippen LogP contribution is -2.34. The summed E-state index contributed by atoms with van der Waals surface area (Å²) >= 11 is 9.62. The molecule has 0 fully saturated rings. The highest BCUT2D eigenvalue weighted by Crippen LogP contribution is 2.44. The van der Waals surface area contributed by atoms with Crippen LogP contribution in [0.15, 0.2) is 57.4 Å². The Balaban J connectivity index is 2.06. The average molecular weight is 431 g/mol. The first kappa shape index (κ1) is 20.7. The van der Waals surface area contributed by atoms with Crippen LogP contribution in [0.25, 0.3) is 0 Å². The van der Waals surface area contributed by atoms with Gasteiger partial charge < -0.3 is 4.74 Å². The van der Waals surface area contributed by atoms with Gasteiger partial charge in [0.1, 0.15) is 10.9 Å². The first-order chi connectivity index (χ1) is 13.6. The molecule has 0 aliphatic carbocycles. The van der Waals surface area contributed by atoms with E-state index < -0.39 is 11.8 Å². The predicted molar refractivity (Wildman–Crippen MR) is 116 cm³/mol. The number of nitriles is 1. The number of hydrogen-bond acceptors (Lipinski definition) is 6. The van der Waals surface area contributed by atoms with Crippen LogP contribution in [0.4, 0.5) is 0 Å². The third kappa shape index (κ3) is 4.33. The highest BCUT2D eigenvalue weighted by atomic mass is 35.5. The minimum Gasteiger partial charge on any atom is -0.465 e. The molecule has 0 saturated carbocycles. The largest absolute Gasteiger partial charge is 0.465 e. The molecular weight excluding hydrogens is 412 g/mol. The fourth-order valence-corrected chi connectivity index (χ4v) is 5.30. The van der Waals surface area contributed by atoms with E-state index in [0.717, 1.165) is 5.56 Å². The molecule has 1 aromatic heterocycles. The summed E-state index contributed by atoms with van der Waals surface area (Å²) in [5, 5.41) is 13.2. The van der Waals surface area contributed by atoms with Gasteiger partial charge in [-0.2, -0.15) is 5.26 Å². The fraction of sp³-hybridized carbons (Fsp3) is 0.286. The van der Waals surface area contributed by atoms with Gasteiger partial charge in [0.2, 0.25) is 0 Å². The summed E-state index contributed by atoms with van der Waals surface area (Å²) in [6.07, 6.45) is 0. The molecule has 3 rings (SSSR count). The van der Waals surface area contributed by atoms with Gasteiger partial charge in [0.05, 0.1) is 18.2 Å². The first-order valence-electron chi connectivity index (χ1n) is 8.82. The number of nitrogens with zero attached hydrogens (tertiary/aromatic N) is 2. The van der Waals surface area contributed by atoms with Crippen molar-refractivity contribution in [2.75, 3.05) is 6.61 Å². The summed E-state index contributed by atoms with van der Waals surface area (Å²) in [5.74, 6) is -0.848. The maximum absolute atomic E-state index is 12.7. The van der Waals surface area contributed by atoms with E-state index in [1.807, 2.05) is 36.6 Å². The predicted octanol–water partition coefficient (Wildman–Crippen LogP) is 5.81. The third-order valence-electron chi connectivity index (χ3n) is 4.44. The molecule has 1 unspecified atom stereocenters. The Labute approximate surface area is 177 Å². The van der Waals surface area contributed by atoms with Crippen LogP contribution in [0.5, 0.6) is 0 Å². The standard InChI is InChI=1S/C21H19ClN2O2S2/c1-3-26-21(25)18-13(2)24-20(28-12-14-7-6-10-27-14)16(11-23)19(18)15-8-4-5-9-17(15)22/h4-10,18-19H,3,12H2,1-2H3/t18?,19-/m0/s1. The van der Waals surface area contributed by atoms with Crippen molar-refractivity contribution in [1.29, 1.82) is 5.26 Å². The van der Waals surface area contributed by atoms with E-state index >= 15 is 0 Å². The number of hydrogen-bond donors (Lipinski definition) is 0. The van der Waals surface area contributed by atoms with Crippen LogP contribution < -0.4 is 0 Å². The van der Waals surface area contributed by atoms with Gasteiger partial charge in [-0.3, -0.25) is 4.79 Å². The van der Waals surface area contributed by atoms with Crippen molar-refractivity contribution in [3.63, 3.8) is 0 Å². The van der Waals surface area contributed by atoms with Crippen LogP contribution in [0.2, 0.25) is 5.02 Å². The summed E-state index contributed by atoms with van der Waals surface area (Å²) in [5.41, 5.74) is 1.83. The van der Waals surface area contributed by atoms with E-state index in [1.54, 1.807) is 24.3 Å². The number of allylic oxidation sites excluding steroid dienone is 1. The molecule has 28 heavy (non-hydrogen) atoms. The number of halogens is 1. The van der Waals surface area contributed by atoms with Gasteiger partial charge in [-0.25, -0.2) is 4.99 Å². The zero-order valence-corrected chi connectivity index (χ0v) is 17.9. The van der Waals surface area contributed by atoms with Crippen LogP contribution >= 0.6 is 34.7 Å². The van der Waals surface area contributed by atoms with Crippen LogP contribution in [-0.2, 0) is 15.3 Å². The number of thiophene rings is 1.